The lowest BCUT2D eigenvalue weighted by atomic mass is 9.93. The quantitative estimate of drug-likeness (QED) is 0.923. The molecule has 0 radical (unpaired) electrons. The number of piperidine rings is 1. The molecule has 126 valence electrons. The molecule has 1 aromatic carbocycles. The van der Waals surface area contributed by atoms with Crippen LogP contribution in [0.4, 0.5) is 0 Å². The highest BCUT2D eigenvalue weighted by atomic mass is 16.6. The maximum atomic E-state index is 12.8. The number of fused-ring (bicyclic) bond motifs is 1. The fourth-order valence-electron chi connectivity index (χ4n) is 3.36. The van der Waals surface area contributed by atoms with Crippen molar-refractivity contribution < 1.29 is 14.3 Å². The molecule has 1 N–H and O–H groups in total. The molecule has 1 amide bonds. The van der Waals surface area contributed by atoms with Crippen molar-refractivity contribution in [1.82, 2.24) is 10.2 Å². The Kier molecular flexibility index (Phi) is 5.06. The first-order chi connectivity index (χ1) is 11.2. The second-order valence-corrected chi connectivity index (χ2v) is 6.47. The van der Waals surface area contributed by atoms with Gasteiger partial charge < -0.3 is 19.7 Å². The van der Waals surface area contributed by atoms with Gasteiger partial charge in [-0.2, -0.15) is 0 Å². The molecule has 2 aliphatic heterocycles. The second-order valence-electron chi connectivity index (χ2n) is 6.47. The number of carbonyl (C=O) groups is 1. The monoisotopic (exact) mass is 318 g/mol. The molecule has 0 bridgehead atoms. The van der Waals surface area contributed by atoms with Gasteiger partial charge in [-0.3, -0.25) is 4.79 Å². The Labute approximate surface area is 137 Å². The van der Waals surface area contributed by atoms with Crippen molar-refractivity contribution in [3.8, 4) is 11.5 Å². The van der Waals surface area contributed by atoms with E-state index in [1.807, 2.05) is 43.1 Å². The lowest BCUT2D eigenvalue weighted by Crippen LogP contribution is -2.52. The van der Waals surface area contributed by atoms with Crippen molar-refractivity contribution in [3.63, 3.8) is 0 Å². The van der Waals surface area contributed by atoms with Crippen molar-refractivity contribution in [2.45, 2.75) is 38.4 Å². The number of carbonyl (C=O) groups excluding carboxylic acids is 1. The molecule has 1 aromatic rings. The van der Waals surface area contributed by atoms with Gasteiger partial charge in [0.25, 0.3) is 5.91 Å². The minimum absolute atomic E-state index is 0.0547. The summed E-state index contributed by atoms with van der Waals surface area (Å²) in [6.07, 6.45) is 2.53. The molecule has 2 aliphatic rings. The normalized spacial score (nSPS) is 24.5. The lowest BCUT2D eigenvalue weighted by Gasteiger charge is -2.37. The van der Waals surface area contributed by atoms with E-state index in [2.05, 4.69) is 5.32 Å². The minimum Gasteiger partial charge on any atom is -0.482 e. The molecule has 2 heterocycles. The third-order valence-electron chi connectivity index (χ3n) is 4.81. The second kappa shape index (κ2) is 7.21. The number of rotatable bonds is 4. The first-order valence-corrected chi connectivity index (χ1v) is 8.54. The van der Waals surface area contributed by atoms with E-state index >= 15 is 0 Å². The van der Waals surface area contributed by atoms with Gasteiger partial charge >= 0.3 is 0 Å². The Hall–Kier alpha value is -1.75. The molecule has 0 saturated carbocycles. The Morgan fingerprint density at radius 3 is 2.52 bits per heavy atom. The first kappa shape index (κ1) is 16.1. The standard InChI is InChI=1S/C18H26N2O3/c1-13-17(23-16-6-4-3-5-15(16)22-13)18(21)20-11-8-14(9-12-20)7-10-19-2/h3-6,13-14,17,19H,7-12H2,1-2H3. The Morgan fingerprint density at radius 1 is 1.22 bits per heavy atom. The van der Waals surface area contributed by atoms with Crippen molar-refractivity contribution in [3.05, 3.63) is 24.3 Å². The van der Waals surface area contributed by atoms with Crippen LogP contribution in [0.15, 0.2) is 24.3 Å². The SMILES string of the molecule is CNCCC1CCN(C(=O)C2Oc3ccccc3OC2C)CC1. The molecule has 0 spiro atoms. The van der Waals surface area contributed by atoms with Crippen LogP contribution in [-0.2, 0) is 4.79 Å². The number of nitrogens with zero attached hydrogens (tertiary/aromatic N) is 1. The van der Waals surface area contributed by atoms with Crippen LogP contribution >= 0.6 is 0 Å². The summed E-state index contributed by atoms with van der Waals surface area (Å²) in [5.41, 5.74) is 0. The van der Waals surface area contributed by atoms with Gasteiger partial charge in [-0.25, -0.2) is 0 Å². The van der Waals surface area contributed by atoms with Crippen LogP contribution < -0.4 is 14.8 Å². The van der Waals surface area contributed by atoms with Crippen LogP contribution in [-0.4, -0.2) is 49.7 Å². The Bertz CT molecular complexity index is 541. The highest BCUT2D eigenvalue weighted by Gasteiger charge is 2.37. The molecule has 2 atom stereocenters. The van der Waals surface area contributed by atoms with Gasteiger partial charge in [0.15, 0.2) is 11.5 Å². The van der Waals surface area contributed by atoms with Crippen LogP contribution in [0, 0.1) is 5.92 Å². The van der Waals surface area contributed by atoms with Gasteiger partial charge in [0.05, 0.1) is 0 Å². The summed E-state index contributed by atoms with van der Waals surface area (Å²) in [6, 6.07) is 7.53. The van der Waals surface area contributed by atoms with E-state index in [1.54, 1.807) is 0 Å². The van der Waals surface area contributed by atoms with Gasteiger partial charge in [-0.05, 0) is 57.8 Å². The van der Waals surface area contributed by atoms with Crippen molar-refractivity contribution in [2.75, 3.05) is 26.7 Å². The third kappa shape index (κ3) is 3.61. The summed E-state index contributed by atoms with van der Waals surface area (Å²) in [6.45, 7) is 4.59. The number of amides is 1. The number of nitrogens with one attached hydrogen (secondary N) is 1. The fourth-order valence-corrected chi connectivity index (χ4v) is 3.36. The molecule has 23 heavy (non-hydrogen) atoms. The molecule has 0 aromatic heterocycles. The molecule has 0 aliphatic carbocycles. The summed E-state index contributed by atoms with van der Waals surface area (Å²) >= 11 is 0. The van der Waals surface area contributed by atoms with Crippen molar-refractivity contribution >= 4 is 5.91 Å². The molecule has 1 saturated heterocycles. The van der Waals surface area contributed by atoms with Crippen LogP contribution in [0.2, 0.25) is 0 Å². The minimum atomic E-state index is -0.543. The fraction of sp³-hybridized carbons (Fsp3) is 0.611. The third-order valence-corrected chi connectivity index (χ3v) is 4.81. The van der Waals surface area contributed by atoms with Gasteiger partial charge in [-0.15, -0.1) is 0 Å². The largest absolute Gasteiger partial charge is 0.482 e. The number of ether oxygens (including phenoxy) is 2. The van der Waals surface area contributed by atoms with Crippen molar-refractivity contribution in [1.29, 1.82) is 0 Å². The molecule has 5 heteroatoms. The number of hydrogen-bond donors (Lipinski definition) is 1. The summed E-state index contributed by atoms with van der Waals surface area (Å²) in [7, 11) is 1.98. The van der Waals surface area contributed by atoms with E-state index in [9.17, 15) is 4.79 Å². The maximum Gasteiger partial charge on any atom is 0.267 e. The van der Waals surface area contributed by atoms with Crippen molar-refractivity contribution in [2.24, 2.45) is 5.92 Å². The predicted octanol–water partition coefficient (Wildman–Crippen LogP) is 2.06. The zero-order chi connectivity index (χ0) is 16.2. The summed E-state index contributed by atoms with van der Waals surface area (Å²) in [5.74, 6) is 2.15. The number of para-hydroxylation sites is 2. The highest BCUT2D eigenvalue weighted by molar-refractivity contribution is 5.82. The Balaban J connectivity index is 1.59. The molecule has 2 unspecified atom stereocenters. The van der Waals surface area contributed by atoms with Crippen LogP contribution in [0.25, 0.3) is 0 Å². The zero-order valence-corrected chi connectivity index (χ0v) is 14.0. The summed E-state index contributed by atoms with van der Waals surface area (Å²) in [4.78, 5) is 14.7. The average molecular weight is 318 g/mol. The van der Waals surface area contributed by atoms with E-state index in [0.29, 0.717) is 11.7 Å². The number of hydrogen-bond acceptors (Lipinski definition) is 4. The summed E-state index contributed by atoms with van der Waals surface area (Å²) in [5, 5.41) is 3.20. The average Bonchev–Trinajstić information content (AvgIpc) is 2.59. The highest BCUT2D eigenvalue weighted by Crippen LogP contribution is 2.34. The van der Waals surface area contributed by atoms with Crippen LogP contribution in [0.3, 0.4) is 0 Å². The van der Waals surface area contributed by atoms with E-state index in [-0.39, 0.29) is 12.0 Å². The van der Waals surface area contributed by atoms with Gasteiger partial charge in [-0.1, -0.05) is 12.1 Å². The van der Waals surface area contributed by atoms with Crippen LogP contribution in [0.5, 0.6) is 11.5 Å². The van der Waals surface area contributed by atoms with E-state index < -0.39 is 6.10 Å². The van der Waals surface area contributed by atoms with E-state index in [4.69, 9.17) is 9.47 Å². The molecule has 5 nitrogen and oxygen atoms in total. The molecular weight excluding hydrogens is 292 g/mol. The first-order valence-electron chi connectivity index (χ1n) is 8.54. The predicted molar refractivity (Wildman–Crippen MR) is 88.8 cm³/mol. The van der Waals surface area contributed by atoms with Gasteiger partial charge in [0.2, 0.25) is 6.10 Å². The smallest absolute Gasteiger partial charge is 0.267 e. The molecule has 1 fully saturated rings. The molecular formula is C18H26N2O3. The maximum absolute atomic E-state index is 12.8. The zero-order valence-electron chi connectivity index (χ0n) is 14.0. The number of likely N-dealkylation sites (tertiary alicyclic amines) is 1. The van der Waals surface area contributed by atoms with Gasteiger partial charge in [0, 0.05) is 13.1 Å². The summed E-state index contributed by atoms with van der Waals surface area (Å²) < 4.78 is 11.8. The number of benzene rings is 1. The molecule has 3 rings (SSSR count). The topological polar surface area (TPSA) is 50.8 Å². The van der Waals surface area contributed by atoms with E-state index in [1.165, 1.54) is 6.42 Å². The lowest BCUT2D eigenvalue weighted by molar-refractivity contribution is -0.145. The Morgan fingerprint density at radius 2 is 1.87 bits per heavy atom. The van der Waals surface area contributed by atoms with Crippen LogP contribution in [0.1, 0.15) is 26.2 Å². The van der Waals surface area contributed by atoms with E-state index in [0.717, 1.165) is 38.2 Å². The van der Waals surface area contributed by atoms with Gasteiger partial charge in [0.1, 0.15) is 6.10 Å².